The summed E-state index contributed by atoms with van der Waals surface area (Å²) in [5.74, 6) is 0. The highest BCUT2D eigenvalue weighted by Gasteiger charge is 2.19. The zero-order valence-electron chi connectivity index (χ0n) is 9.69. The van der Waals surface area contributed by atoms with Gasteiger partial charge in [-0.1, -0.05) is 11.6 Å². The van der Waals surface area contributed by atoms with Gasteiger partial charge in [-0.3, -0.25) is 0 Å². The number of hydrogen-bond acceptors (Lipinski definition) is 3. The van der Waals surface area contributed by atoms with E-state index in [1.807, 2.05) is 20.8 Å². The Morgan fingerprint density at radius 3 is 2.44 bits per heavy atom. The summed E-state index contributed by atoms with van der Waals surface area (Å²) in [6, 6.07) is 3.33. The number of aromatic nitrogens is 2. The second kappa shape index (κ2) is 5.01. The van der Waals surface area contributed by atoms with Crippen molar-refractivity contribution in [1.29, 1.82) is 0 Å². The Balaban J connectivity index is 2.94. The van der Waals surface area contributed by atoms with Gasteiger partial charge in [0.25, 0.3) is 0 Å². The molecule has 1 aromatic rings. The maximum Gasteiger partial charge on any atom is 0.151 e. The summed E-state index contributed by atoms with van der Waals surface area (Å²) in [6.07, 6.45) is 0. The van der Waals surface area contributed by atoms with Crippen molar-refractivity contribution in [3.05, 3.63) is 23.0 Å². The molecule has 0 aliphatic rings. The van der Waals surface area contributed by atoms with E-state index in [2.05, 4.69) is 14.6 Å². The molecule has 0 N–H and O–H groups in total. The zero-order valence-corrected chi connectivity index (χ0v) is 11.3. The van der Waals surface area contributed by atoms with Gasteiger partial charge in [-0.25, -0.2) is 4.21 Å². The first-order valence-corrected chi connectivity index (χ1v) is 6.26. The fourth-order valence-electron chi connectivity index (χ4n) is 0.817. The topological polar surface area (TPSA) is 55.2 Å². The van der Waals surface area contributed by atoms with Crippen LogP contribution >= 0.6 is 11.6 Å². The number of nitrogens with zero attached hydrogens (tertiary/aromatic N) is 3. The molecule has 1 aromatic heterocycles. The molecule has 1 heterocycles. The minimum absolute atomic E-state index is 0.327. The van der Waals surface area contributed by atoms with Crippen LogP contribution in [0, 0.1) is 0 Å². The maximum atomic E-state index is 11.8. The van der Waals surface area contributed by atoms with Crippen molar-refractivity contribution in [2.75, 3.05) is 0 Å². The highest BCUT2D eigenvalue weighted by Crippen LogP contribution is 2.13. The van der Waals surface area contributed by atoms with Gasteiger partial charge in [-0.2, -0.15) is 4.40 Å². The van der Waals surface area contributed by atoms with Crippen LogP contribution in [-0.2, 0) is 11.0 Å². The molecule has 0 aromatic carbocycles. The fraction of sp³-hybridized carbons (Fsp3) is 0.500. The largest absolute Gasteiger partial charge is 0.234 e. The molecular formula is C10H14ClN3OS. The first-order chi connectivity index (χ1) is 7.30. The SMILES string of the molecule is C/C(=N\[S@](=O)C(C)(C)C)c1ccc(Cl)nn1. The molecule has 0 spiro atoms. The van der Waals surface area contributed by atoms with E-state index in [0.29, 0.717) is 16.6 Å². The van der Waals surface area contributed by atoms with E-state index in [1.165, 1.54) is 0 Å². The lowest BCUT2D eigenvalue weighted by Crippen LogP contribution is -2.20. The quantitative estimate of drug-likeness (QED) is 0.767. The lowest BCUT2D eigenvalue weighted by atomic mass is 10.3. The second-order valence-corrected chi connectivity index (χ2v) is 6.57. The molecule has 0 saturated carbocycles. The second-order valence-electron chi connectivity index (χ2n) is 4.28. The third kappa shape index (κ3) is 3.64. The van der Waals surface area contributed by atoms with Gasteiger partial charge < -0.3 is 0 Å². The van der Waals surface area contributed by atoms with Crippen LogP contribution in [0.3, 0.4) is 0 Å². The molecular weight excluding hydrogens is 246 g/mol. The van der Waals surface area contributed by atoms with Crippen LogP contribution < -0.4 is 0 Å². The summed E-state index contributed by atoms with van der Waals surface area (Å²) < 4.78 is 15.5. The first kappa shape index (κ1) is 13.3. The van der Waals surface area contributed by atoms with Crippen molar-refractivity contribution in [2.24, 2.45) is 4.40 Å². The monoisotopic (exact) mass is 259 g/mol. The Morgan fingerprint density at radius 2 is 2.00 bits per heavy atom. The molecule has 6 heteroatoms. The summed E-state index contributed by atoms with van der Waals surface area (Å²) in [6.45, 7) is 7.36. The van der Waals surface area contributed by atoms with Crippen LogP contribution in [0.1, 0.15) is 33.4 Å². The predicted molar refractivity (Wildman–Crippen MR) is 67.1 cm³/mol. The first-order valence-electron chi connectivity index (χ1n) is 4.77. The van der Waals surface area contributed by atoms with Gasteiger partial charge in [0.2, 0.25) is 0 Å². The molecule has 0 bridgehead atoms. The van der Waals surface area contributed by atoms with Crippen molar-refractivity contribution in [2.45, 2.75) is 32.4 Å². The third-order valence-corrected chi connectivity index (χ3v) is 3.44. The van der Waals surface area contributed by atoms with E-state index in [4.69, 9.17) is 11.6 Å². The Kier molecular flexibility index (Phi) is 4.15. The summed E-state index contributed by atoms with van der Waals surface area (Å²) in [5, 5.41) is 7.90. The van der Waals surface area contributed by atoms with Crippen LogP contribution in [0.4, 0.5) is 0 Å². The Labute approximate surface area is 103 Å². The van der Waals surface area contributed by atoms with E-state index in [1.54, 1.807) is 19.1 Å². The summed E-state index contributed by atoms with van der Waals surface area (Å²) in [5.41, 5.74) is 1.18. The molecule has 0 fully saturated rings. The summed E-state index contributed by atoms with van der Waals surface area (Å²) >= 11 is 5.62. The summed E-state index contributed by atoms with van der Waals surface area (Å²) in [4.78, 5) is 0. The lowest BCUT2D eigenvalue weighted by molar-refractivity contribution is 0.650. The Morgan fingerprint density at radius 1 is 1.38 bits per heavy atom. The van der Waals surface area contributed by atoms with Crippen LogP contribution in [-0.4, -0.2) is 24.9 Å². The highest BCUT2D eigenvalue weighted by molar-refractivity contribution is 7.85. The Bertz CT molecular complexity index is 423. The van der Waals surface area contributed by atoms with Crippen LogP contribution in [0.5, 0.6) is 0 Å². The van der Waals surface area contributed by atoms with Crippen molar-refractivity contribution in [3.63, 3.8) is 0 Å². The standard InChI is InChI=1S/C10H14ClN3OS/c1-7(14-16(15)10(2,3)4)8-5-6-9(11)13-12-8/h5-6H,1-4H3/b14-7+/t16-/m1/s1. The minimum atomic E-state index is -1.29. The molecule has 4 nitrogen and oxygen atoms in total. The molecule has 0 aliphatic carbocycles. The predicted octanol–water partition coefficient (Wildman–Crippen LogP) is 2.40. The van der Waals surface area contributed by atoms with E-state index in [-0.39, 0.29) is 4.75 Å². The zero-order chi connectivity index (χ0) is 12.3. The van der Waals surface area contributed by atoms with Gasteiger partial charge in [0.15, 0.2) is 5.15 Å². The Hall–Kier alpha value is -0.810. The van der Waals surface area contributed by atoms with Gasteiger partial charge in [0.1, 0.15) is 16.7 Å². The fourth-order valence-corrected chi connectivity index (χ4v) is 1.53. The van der Waals surface area contributed by atoms with Gasteiger partial charge in [0.05, 0.1) is 10.5 Å². The van der Waals surface area contributed by atoms with Crippen molar-refractivity contribution in [3.8, 4) is 0 Å². The molecule has 0 radical (unpaired) electrons. The average Bonchev–Trinajstić information content (AvgIpc) is 2.17. The van der Waals surface area contributed by atoms with Crippen molar-refractivity contribution in [1.82, 2.24) is 10.2 Å². The molecule has 1 atom stereocenters. The van der Waals surface area contributed by atoms with Crippen LogP contribution in [0.15, 0.2) is 16.5 Å². The number of halogens is 1. The van der Waals surface area contributed by atoms with Crippen molar-refractivity contribution >= 4 is 28.3 Å². The maximum absolute atomic E-state index is 11.8. The van der Waals surface area contributed by atoms with Gasteiger partial charge in [-0.15, -0.1) is 10.2 Å². The molecule has 0 saturated heterocycles. The molecule has 0 aliphatic heterocycles. The highest BCUT2D eigenvalue weighted by atomic mass is 35.5. The average molecular weight is 260 g/mol. The van der Waals surface area contributed by atoms with Crippen LogP contribution in [0.25, 0.3) is 0 Å². The summed E-state index contributed by atoms with van der Waals surface area (Å²) in [7, 11) is -1.29. The minimum Gasteiger partial charge on any atom is -0.234 e. The molecule has 1 rings (SSSR count). The normalized spacial score (nSPS) is 14.9. The third-order valence-electron chi connectivity index (χ3n) is 1.75. The van der Waals surface area contributed by atoms with Gasteiger partial charge >= 0.3 is 0 Å². The van der Waals surface area contributed by atoms with E-state index >= 15 is 0 Å². The lowest BCUT2D eigenvalue weighted by Gasteiger charge is -2.13. The van der Waals surface area contributed by atoms with E-state index in [9.17, 15) is 4.21 Å². The molecule has 0 unspecified atom stereocenters. The smallest absolute Gasteiger partial charge is 0.151 e. The van der Waals surface area contributed by atoms with Gasteiger partial charge in [0, 0.05) is 0 Å². The van der Waals surface area contributed by atoms with Crippen molar-refractivity contribution < 1.29 is 4.21 Å². The number of hydrogen-bond donors (Lipinski definition) is 0. The molecule has 0 amide bonds. The number of rotatable bonds is 2. The molecule has 16 heavy (non-hydrogen) atoms. The van der Waals surface area contributed by atoms with Crippen LogP contribution in [0.2, 0.25) is 5.15 Å². The van der Waals surface area contributed by atoms with E-state index < -0.39 is 11.0 Å². The van der Waals surface area contributed by atoms with E-state index in [0.717, 1.165) is 0 Å². The van der Waals surface area contributed by atoms with Gasteiger partial charge in [-0.05, 0) is 39.8 Å². The molecule has 88 valence electrons.